The molecule has 0 saturated carbocycles. The first kappa shape index (κ1) is 41.2. The summed E-state index contributed by atoms with van der Waals surface area (Å²) in [6.07, 6.45) is 1.80. The van der Waals surface area contributed by atoms with Gasteiger partial charge in [-0.3, -0.25) is 4.79 Å². The average Bonchev–Trinajstić information content (AvgIpc) is 4.13. The van der Waals surface area contributed by atoms with Gasteiger partial charge in [0.1, 0.15) is 29.8 Å². The number of benzene rings is 4. The van der Waals surface area contributed by atoms with E-state index in [4.69, 9.17) is 14.5 Å². The van der Waals surface area contributed by atoms with Crippen LogP contribution in [0.1, 0.15) is 86.0 Å². The van der Waals surface area contributed by atoms with Crippen LogP contribution in [0.25, 0.3) is 33.1 Å². The van der Waals surface area contributed by atoms with Crippen molar-refractivity contribution in [2.24, 2.45) is 0 Å². The quantitative estimate of drug-likeness (QED) is 0.0605. The Morgan fingerprint density at radius 2 is 1.62 bits per heavy atom. The van der Waals surface area contributed by atoms with Crippen LogP contribution in [0, 0.1) is 17.0 Å². The zero-order valence-corrected chi connectivity index (χ0v) is 34.4. The molecule has 2 fully saturated rings. The molecule has 4 heterocycles. The number of hydroxylamine groups is 2. The number of carbonyl (C=O) groups is 3. The minimum absolute atomic E-state index is 0.257. The van der Waals surface area contributed by atoms with Crippen molar-refractivity contribution >= 4 is 39.9 Å². The van der Waals surface area contributed by atoms with Gasteiger partial charge in [-0.2, -0.15) is 9.55 Å². The molecule has 4 unspecified atom stereocenters. The SMILES string of the molecule is COC(=O)N[C@H](C(=O)N1CCCC1c1nc2c(ccc3cc(C#Cc4ccc(-c5cnc(C6CCCN6[N+]([O-])(C(=O)O)C(C)c6ccccc6)[nH]5)cc4)ccc32)[nH]1)[C@@H](C)OC. The molecular formula is C46H48N8O7. The first-order chi connectivity index (χ1) is 29.5. The number of fused-ring (bicyclic) bond motifs is 3. The summed E-state index contributed by atoms with van der Waals surface area (Å²) < 4.78 is 8.67. The van der Waals surface area contributed by atoms with E-state index in [2.05, 4.69) is 32.1 Å². The molecule has 6 atom stereocenters. The molecule has 2 saturated heterocycles. The second-order valence-corrected chi connectivity index (χ2v) is 15.6. The van der Waals surface area contributed by atoms with E-state index in [0.717, 1.165) is 57.0 Å². The van der Waals surface area contributed by atoms with Crippen molar-refractivity contribution in [3.8, 4) is 23.1 Å². The van der Waals surface area contributed by atoms with Crippen LogP contribution in [0.3, 0.4) is 0 Å². The fourth-order valence-electron chi connectivity index (χ4n) is 8.60. The normalized spacial score (nSPS) is 19.2. The summed E-state index contributed by atoms with van der Waals surface area (Å²) in [6.45, 7) is 4.26. The Labute approximate surface area is 352 Å². The summed E-state index contributed by atoms with van der Waals surface area (Å²) in [4.78, 5) is 56.6. The molecule has 4 N–H and O–H groups in total. The number of alkyl carbamates (subject to hydrolysis) is 1. The first-order valence-electron chi connectivity index (χ1n) is 20.4. The zero-order valence-electron chi connectivity index (χ0n) is 34.4. The first-order valence-corrected chi connectivity index (χ1v) is 20.4. The largest absolute Gasteiger partial charge is 0.601 e. The van der Waals surface area contributed by atoms with E-state index in [0.29, 0.717) is 43.1 Å². The third-order valence-corrected chi connectivity index (χ3v) is 12.0. The van der Waals surface area contributed by atoms with Gasteiger partial charge in [0.25, 0.3) is 0 Å². The maximum atomic E-state index is 14.2. The van der Waals surface area contributed by atoms with Gasteiger partial charge in [-0.05, 0) is 80.8 Å². The highest BCUT2D eigenvalue weighted by atomic mass is 16.7. The lowest BCUT2D eigenvalue weighted by Crippen LogP contribution is -2.60. The molecule has 6 aromatic rings. The van der Waals surface area contributed by atoms with Crippen molar-refractivity contribution < 1.29 is 33.7 Å². The molecule has 15 heteroatoms. The van der Waals surface area contributed by atoms with Gasteiger partial charge in [0.15, 0.2) is 0 Å². The van der Waals surface area contributed by atoms with E-state index in [-0.39, 0.29) is 11.9 Å². The maximum absolute atomic E-state index is 14.2. The number of nitrogens with zero attached hydrogens (tertiary/aromatic N) is 5. The Bertz CT molecular complexity index is 2630. The third-order valence-electron chi connectivity index (χ3n) is 12.0. The summed E-state index contributed by atoms with van der Waals surface area (Å²) in [5.41, 5.74) is 5.61. The van der Waals surface area contributed by atoms with Crippen LogP contribution in [0.5, 0.6) is 0 Å². The summed E-state index contributed by atoms with van der Waals surface area (Å²) in [5, 5.41) is 30.5. The maximum Gasteiger partial charge on any atom is 0.534 e. The second kappa shape index (κ2) is 17.2. The predicted octanol–water partition coefficient (Wildman–Crippen LogP) is 7.73. The number of rotatable bonds is 10. The number of amides is 3. The van der Waals surface area contributed by atoms with Crippen molar-refractivity contribution in [1.29, 1.82) is 0 Å². The Balaban J connectivity index is 0.966. The summed E-state index contributed by atoms with van der Waals surface area (Å²) in [7, 11) is 2.75. The molecule has 0 radical (unpaired) electrons. The molecule has 61 heavy (non-hydrogen) atoms. The molecule has 3 amide bonds. The number of imidazole rings is 2. The van der Waals surface area contributed by atoms with Crippen molar-refractivity contribution in [1.82, 2.24) is 35.2 Å². The Morgan fingerprint density at radius 1 is 0.902 bits per heavy atom. The fraction of sp³-hybridized carbons (Fsp3) is 0.326. The van der Waals surface area contributed by atoms with Gasteiger partial charge in [0.2, 0.25) is 5.91 Å². The van der Waals surface area contributed by atoms with Crippen LogP contribution >= 0.6 is 0 Å². The Hall–Kier alpha value is -6.57. The minimum atomic E-state index is -1.51. The lowest BCUT2D eigenvalue weighted by atomic mass is 10.1. The third kappa shape index (κ3) is 7.94. The molecular weight excluding hydrogens is 777 g/mol. The number of methoxy groups -OCH3 is 2. The number of ether oxygens (including phenoxy) is 2. The molecule has 2 aliphatic rings. The number of aromatic amines is 2. The molecule has 314 valence electrons. The van der Waals surface area contributed by atoms with Crippen molar-refractivity contribution in [3.63, 3.8) is 0 Å². The highest BCUT2D eigenvalue weighted by Gasteiger charge is 2.48. The van der Waals surface area contributed by atoms with Crippen LogP contribution in [-0.2, 0) is 14.3 Å². The second-order valence-electron chi connectivity index (χ2n) is 15.6. The van der Waals surface area contributed by atoms with E-state index >= 15 is 0 Å². The smallest absolute Gasteiger partial charge is 0.534 e. The molecule has 0 aliphatic carbocycles. The molecule has 2 aliphatic heterocycles. The van der Waals surface area contributed by atoms with Crippen LogP contribution in [0.2, 0.25) is 0 Å². The fourth-order valence-corrected chi connectivity index (χ4v) is 8.60. The van der Waals surface area contributed by atoms with E-state index in [1.807, 2.05) is 60.7 Å². The van der Waals surface area contributed by atoms with Gasteiger partial charge < -0.3 is 40.0 Å². The van der Waals surface area contributed by atoms with E-state index in [1.165, 1.54) is 19.2 Å². The number of H-pyrrole nitrogens is 2. The molecule has 0 spiro atoms. The number of hydrogen-bond acceptors (Lipinski definition) is 9. The van der Waals surface area contributed by atoms with Gasteiger partial charge in [0.05, 0.1) is 42.2 Å². The van der Waals surface area contributed by atoms with Gasteiger partial charge in [-0.25, -0.2) is 14.8 Å². The van der Waals surface area contributed by atoms with Gasteiger partial charge >= 0.3 is 12.2 Å². The number of quaternary nitrogens is 1. The van der Waals surface area contributed by atoms with Crippen LogP contribution in [0.15, 0.2) is 91.1 Å². The predicted molar refractivity (Wildman–Crippen MR) is 228 cm³/mol. The van der Waals surface area contributed by atoms with Crippen LogP contribution in [0.4, 0.5) is 9.59 Å². The minimum Gasteiger partial charge on any atom is -0.601 e. The molecule has 15 nitrogen and oxygen atoms in total. The van der Waals surface area contributed by atoms with E-state index in [9.17, 15) is 24.7 Å². The van der Waals surface area contributed by atoms with Gasteiger partial charge in [-0.1, -0.05) is 66.4 Å². The van der Waals surface area contributed by atoms with Gasteiger partial charge in [-0.15, -0.1) is 5.01 Å². The number of likely N-dealkylation sites (tertiary alicyclic amines) is 1. The lowest BCUT2D eigenvalue weighted by molar-refractivity contribution is -0.958. The monoisotopic (exact) mass is 824 g/mol. The number of carboxylic acid groups (broad SMARTS) is 1. The lowest BCUT2D eigenvalue weighted by Gasteiger charge is -2.48. The summed E-state index contributed by atoms with van der Waals surface area (Å²) in [6, 6.07) is 24.3. The van der Waals surface area contributed by atoms with Crippen LogP contribution < -0.4 is 5.32 Å². The van der Waals surface area contributed by atoms with E-state index in [1.54, 1.807) is 49.2 Å². The Morgan fingerprint density at radius 3 is 2.36 bits per heavy atom. The van der Waals surface area contributed by atoms with Crippen molar-refractivity contribution in [3.05, 3.63) is 125 Å². The number of carbonyl (C=O) groups excluding carboxylic acids is 2. The molecule has 4 aromatic carbocycles. The summed E-state index contributed by atoms with van der Waals surface area (Å²) in [5.74, 6) is 7.53. The van der Waals surface area contributed by atoms with Gasteiger partial charge in [0, 0.05) is 42.3 Å². The average molecular weight is 825 g/mol. The van der Waals surface area contributed by atoms with Crippen molar-refractivity contribution in [2.45, 2.75) is 69.8 Å². The van der Waals surface area contributed by atoms with E-state index < -0.39 is 41.2 Å². The number of nitrogens with one attached hydrogen (secondary N) is 3. The van der Waals surface area contributed by atoms with Crippen LogP contribution in [-0.4, -0.2) is 97.3 Å². The Kier molecular flexibility index (Phi) is 11.6. The topological polar surface area (TPSA) is 189 Å². The number of aromatic nitrogens is 4. The molecule has 0 bridgehead atoms. The highest BCUT2D eigenvalue weighted by molar-refractivity contribution is 6.04. The molecule has 8 rings (SSSR count). The highest BCUT2D eigenvalue weighted by Crippen LogP contribution is 2.41. The number of hydrogen-bond donors (Lipinski definition) is 4. The summed E-state index contributed by atoms with van der Waals surface area (Å²) >= 11 is 0. The standard InChI is InChI=1S/C46H48N8O7/c1-28(32-10-6-5-7-11-32)54(59,46(57)58)53-25-9-13-39(53)42-47-27-37(49-42)33-19-16-30(17-20-33)14-15-31-18-22-35-34(26-31)21-23-36-41(35)50-43(48-36)38-12-8-24-52(38)44(55)40(29(2)60-3)51-45(56)61-4/h5-7,10-11,16-23,26-29,38-40H,8-9,12-13,24-25H2,1-4H3,(H,47,49)(H,48,50)(H,51,56)(H,57,58)/t28?,29-,38?,39?,40+,54?/m1/s1. The van der Waals surface area contributed by atoms with Crippen molar-refractivity contribution in [2.75, 3.05) is 27.3 Å². The zero-order chi connectivity index (χ0) is 42.8. The molecule has 2 aromatic heterocycles.